The van der Waals surface area contributed by atoms with Gasteiger partial charge in [-0.05, 0) is 12.1 Å². The van der Waals surface area contributed by atoms with E-state index in [4.69, 9.17) is 0 Å². The number of hydrogen-bond acceptors (Lipinski definition) is 3. The summed E-state index contributed by atoms with van der Waals surface area (Å²) >= 11 is 0. The molecule has 2 aromatic rings. The average molecular weight is 187 g/mol. The molecule has 0 fully saturated rings. The van der Waals surface area contributed by atoms with Crippen molar-refractivity contribution in [3.63, 3.8) is 0 Å². The smallest absolute Gasteiger partial charge is 0.271 e. The molecule has 14 heavy (non-hydrogen) atoms. The molecule has 0 aliphatic heterocycles. The van der Waals surface area contributed by atoms with E-state index in [-0.39, 0.29) is 5.91 Å². The first-order valence-corrected chi connectivity index (χ1v) is 4.26. The number of aromatic nitrogens is 2. The van der Waals surface area contributed by atoms with Gasteiger partial charge in [0.25, 0.3) is 5.91 Å². The van der Waals surface area contributed by atoms with E-state index in [2.05, 4.69) is 15.5 Å². The topological polar surface area (TPSA) is 54.9 Å². The molecule has 0 spiro atoms. The Labute approximate surface area is 81.0 Å². The van der Waals surface area contributed by atoms with Crippen LogP contribution in [0, 0.1) is 0 Å². The van der Waals surface area contributed by atoms with E-state index in [1.165, 1.54) is 0 Å². The van der Waals surface area contributed by atoms with Crippen LogP contribution < -0.4 is 5.32 Å². The van der Waals surface area contributed by atoms with Gasteiger partial charge in [-0.15, -0.1) is 10.2 Å². The number of nitrogens with zero attached hydrogens (tertiary/aromatic N) is 2. The molecular formula is C10H9N3O. The Kier molecular flexibility index (Phi) is 2.10. The Bertz CT molecular complexity index is 482. The minimum Gasteiger partial charge on any atom is -0.354 e. The fraction of sp³-hybridized carbons (Fsp3) is 0.100. The van der Waals surface area contributed by atoms with Crippen molar-refractivity contribution in [1.29, 1.82) is 0 Å². The van der Waals surface area contributed by atoms with Crippen molar-refractivity contribution in [2.75, 3.05) is 7.05 Å². The third kappa shape index (κ3) is 1.42. The molecule has 0 unspecified atom stereocenters. The Morgan fingerprint density at radius 2 is 2.07 bits per heavy atom. The first-order chi connectivity index (χ1) is 6.81. The van der Waals surface area contributed by atoms with E-state index in [1.807, 2.05) is 24.3 Å². The number of carbonyl (C=O) groups is 1. The van der Waals surface area contributed by atoms with Crippen molar-refractivity contribution >= 4 is 16.8 Å². The molecule has 4 nitrogen and oxygen atoms in total. The summed E-state index contributed by atoms with van der Waals surface area (Å²) in [6.07, 6.45) is 0. The van der Waals surface area contributed by atoms with Gasteiger partial charge < -0.3 is 5.32 Å². The van der Waals surface area contributed by atoms with Crippen LogP contribution in [-0.4, -0.2) is 23.2 Å². The highest BCUT2D eigenvalue weighted by atomic mass is 16.1. The maximum atomic E-state index is 11.2. The van der Waals surface area contributed by atoms with E-state index >= 15 is 0 Å². The van der Waals surface area contributed by atoms with Crippen LogP contribution in [0.1, 0.15) is 10.5 Å². The summed E-state index contributed by atoms with van der Waals surface area (Å²) in [7, 11) is 1.57. The van der Waals surface area contributed by atoms with Crippen LogP contribution in [0.5, 0.6) is 0 Å². The van der Waals surface area contributed by atoms with Crippen molar-refractivity contribution in [2.24, 2.45) is 0 Å². The highest BCUT2D eigenvalue weighted by Gasteiger charge is 2.05. The Balaban J connectivity index is 2.56. The molecule has 0 saturated carbocycles. The maximum Gasteiger partial charge on any atom is 0.271 e. The monoisotopic (exact) mass is 187 g/mol. The van der Waals surface area contributed by atoms with Gasteiger partial charge >= 0.3 is 0 Å². The van der Waals surface area contributed by atoms with Gasteiger partial charge in [0.1, 0.15) is 0 Å². The zero-order chi connectivity index (χ0) is 9.97. The third-order valence-electron chi connectivity index (χ3n) is 1.95. The molecule has 0 saturated heterocycles. The van der Waals surface area contributed by atoms with Crippen LogP contribution in [0.4, 0.5) is 0 Å². The van der Waals surface area contributed by atoms with Crippen LogP contribution in [-0.2, 0) is 0 Å². The second-order valence-corrected chi connectivity index (χ2v) is 2.87. The van der Waals surface area contributed by atoms with Crippen molar-refractivity contribution in [3.05, 3.63) is 36.0 Å². The molecule has 1 aromatic heterocycles. The summed E-state index contributed by atoms with van der Waals surface area (Å²) in [6, 6.07) is 9.27. The average Bonchev–Trinajstić information content (AvgIpc) is 2.27. The number of rotatable bonds is 1. The lowest BCUT2D eigenvalue weighted by molar-refractivity contribution is 0.0957. The largest absolute Gasteiger partial charge is 0.354 e. The van der Waals surface area contributed by atoms with Crippen molar-refractivity contribution < 1.29 is 4.79 Å². The Morgan fingerprint density at radius 3 is 2.86 bits per heavy atom. The van der Waals surface area contributed by atoms with Crippen LogP contribution in [0.2, 0.25) is 0 Å². The molecular weight excluding hydrogens is 178 g/mol. The van der Waals surface area contributed by atoms with E-state index in [0.29, 0.717) is 5.69 Å². The van der Waals surface area contributed by atoms with E-state index in [1.54, 1.807) is 13.1 Å². The van der Waals surface area contributed by atoms with Gasteiger partial charge in [-0.2, -0.15) is 0 Å². The van der Waals surface area contributed by atoms with E-state index in [9.17, 15) is 4.79 Å². The van der Waals surface area contributed by atoms with Gasteiger partial charge in [0, 0.05) is 12.4 Å². The second kappa shape index (κ2) is 3.41. The van der Waals surface area contributed by atoms with Crippen LogP contribution >= 0.6 is 0 Å². The number of fused-ring (bicyclic) bond motifs is 1. The van der Waals surface area contributed by atoms with E-state index < -0.39 is 0 Å². The summed E-state index contributed by atoms with van der Waals surface area (Å²) in [4.78, 5) is 11.2. The summed E-state index contributed by atoms with van der Waals surface area (Å²) in [5, 5.41) is 11.2. The number of benzene rings is 1. The van der Waals surface area contributed by atoms with E-state index in [0.717, 1.165) is 10.9 Å². The number of hydrogen-bond donors (Lipinski definition) is 1. The fourth-order valence-electron chi connectivity index (χ4n) is 1.22. The third-order valence-corrected chi connectivity index (χ3v) is 1.95. The molecule has 0 aliphatic carbocycles. The molecule has 0 bridgehead atoms. The molecule has 0 atom stereocenters. The molecule has 0 radical (unpaired) electrons. The van der Waals surface area contributed by atoms with Gasteiger partial charge in [-0.25, -0.2) is 0 Å². The Morgan fingerprint density at radius 1 is 1.29 bits per heavy atom. The lowest BCUT2D eigenvalue weighted by atomic mass is 10.2. The molecule has 1 N–H and O–H groups in total. The zero-order valence-electron chi connectivity index (χ0n) is 7.69. The van der Waals surface area contributed by atoms with Gasteiger partial charge in [0.15, 0.2) is 5.69 Å². The first kappa shape index (κ1) is 8.62. The van der Waals surface area contributed by atoms with Crippen LogP contribution in [0.3, 0.4) is 0 Å². The van der Waals surface area contributed by atoms with Gasteiger partial charge in [-0.1, -0.05) is 18.2 Å². The number of nitrogens with one attached hydrogen (secondary N) is 1. The number of carbonyl (C=O) groups excluding carboxylic acids is 1. The predicted octanol–water partition coefficient (Wildman–Crippen LogP) is 0.989. The molecule has 1 amide bonds. The normalized spacial score (nSPS) is 10.1. The predicted molar refractivity (Wildman–Crippen MR) is 52.9 cm³/mol. The molecule has 1 heterocycles. The molecule has 2 rings (SSSR count). The lowest BCUT2D eigenvalue weighted by Gasteiger charge is -1.99. The fourth-order valence-corrected chi connectivity index (χ4v) is 1.22. The number of amides is 1. The lowest BCUT2D eigenvalue weighted by Crippen LogP contribution is -2.19. The molecule has 1 aromatic carbocycles. The molecule has 0 aliphatic rings. The quantitative estimate of drug-likeness (QED) is 0.724. The van der Waals surface area contributed by atoms with Gasteiger partial charge in [-0.3, -0.25) is 4.79 Å². The summed E-state index contributed by atoms with van der Waals surface area (Å²) in [5.74, 6) is -0.219. The van der Waals surface area contributed by atoms with Gasteiger partial charge in [0.2, 0.25) is 0 Å². The minimum absolute atomic E-state index is 0.219. The summed E-state index contributed by atoms with van der Waals surface area (Å²) < 4.78 is 0. The molecule has 4 heteroatoms. The van der Waals surface area contributed by atoms with Crippen molar-refractivity contribution in [1.82, 2.24) is 15.5 Å². The highest BCUT2D eigenvalue weighted by molar-refractivity contribution is 5.95. The second-order valence-electron chi connectivity index (χ2n) is 2.87. The van der Waals surface area contributed by atoms with Crippen molar-refractivity contribution in [3.8, 4) is 0 Å². The SMILES string of the molecule is CNC(=O)c1cc2ccccc2nn1. The maximum absolute atomic E-state index is 11.2. The standard InChI is InChI=1S/C10H9N3O/c1-11-10(14)9-6-7-4-2-3-5-8(7)12-13-9/h2-6H,1H3,(H,11,14). The summed E-state index contributed by atoms with van der Waals surface area (Å²) in [6.45, 7) is 0. The molecule has 70 valence electrons. The van der Waals surface area contributed by atoms with Gasteiger partial charge in [0.05, 0.1) is 5.52 Å². The summed E-state index contributed by atoms with van der Waals surface area (Å²) in [5.41, 5.74) is 1.13. The zero-order valence-corrected chi connectivity index (χ0v) is 7.69. The van der Waals surface area contributed by atoms with Crippen molar-refractivity contribution in [2.45, 2.75) is 0 Å². The first-order valence-electron chi connectivity index (χ1n) is 4.26. The van der Waals surface area contributed by atoms with Crippen LogP contribution in [0.25, 0.3) is 10.9 Å². The Hall–Kier alpha value is -1.97. The highest BCUT2D eigenvalue weighted by Crippen LogP contribution is 2.10. The van der Waals surface area contributed by atoms with Crippen LogP contribution in [0.15, 0.2) is 30.3 Å². The minimum atomic E-state index is -0.219.